The summed E-state index contributed by atoms with van der Waals surface area (Å²) >= 11 is 0. The van der Waals surface area contributed by atoms with Crippen molar-refractivity contribution < 1.29 is 18.9 Å². The first-order valence-corrected chi connectivity index (χ1v) is 7.74. The van der Waals surface area contributed by atoms with E-state index in [0.29, 0.717) is 6.61 Å². The maximum atomic E-state index is 5.66. The van der Waals surface area contributed by atoms with Crippen LogP contribution >= 0.6 is 0 Å². The lowest BCUT2D eigenvalue weighted by atomic mass is 10.3. The lowest BCUT2D eigenvalue weighted by Gasteiger charge is -2.27. The van der Waals surface area contributed by atoms with Crippen LogP contribution in [-0.4, -0.2) is 76.6 Å². The fourth-order valence-corrected chi connectivity index (χ4v) is 2.39. The van der Waals surface area contributed by atoms with Gasteiger partial charge in [-0.1, -0.05) is 0 Å². The van der Waals surface area contributed by atoms with Gasteiger partial charge in [0.2, 0.25) is 0 Å². The van der Waals surface area contributed by atoms with Crippen molar-refractivity contribution in [1.29, 1.82) is 0 Å². The first kappa shape index (κ1) is 16.1. The van der Waals surface area contributed by atoms with Gasteiger partial charge in [-0.15, -0.1) is 0 Å². The van der Waals surface area contributed by atoms with E-state index in [1.54, 1.807) is 0 Å². The number of unbranched alkanes of at least 4 members (excludes halogenated alkanes) is 1. The summed E-state index contributed by atoms with van der Waals surface area (Å²) in [5.74, 6) is 0. The quantitative estimate of drug-likeness (QED) is 0.516. The van der Waals surface area contributed by atoms with Gasteiger partial charge >= 0.3 is 0 Å². The first-order chi connectivity index (χ1) is 9.84. The number of rotatable bonds is 8. The highest BCUT2D eigenvalue weighted by atomic mass is 16.8. The molecule has 0 aromatic carbocycles. The van der Waals surface area contributed by atoms with E-state index in [1.807, 2.05) is 6.92 Å². The molecule has 2 rings (SSSR count). The molecule has 0 aromatic rings. The van der Waals surface area contributed by atoms with Gasteiger partial charge in [-0.3, -0.25) is 4.90 Å². The largest absolute Gasteiger partial charge is 0.379 e. The number of ether oxygens (including phenoxy) is 4. The minimum atomic E-state index is -0.205. The topological polar surface area (TPSA) is 52.2 Å². The van der Waals surface area contributed by atoms with E-state index in [9.17, 15) is 0 Å². The van der Waals surface area contributed by atoms with Crippen LogP contribution in [0.25, 0.3) is 0 Å². The van der Waals surface area contributed by atoms with Crippen LogP contribution in [0.4, 0.5) is 0 Å². The van der Waals surface area contributed by atoms with E-state index >= 15 is 0 Å². The SMILES string of the molecule is CC(OCCCCN1CCOCC1)OC1CNCCO1. The summed E-state index contributed by atoms with van der Waals surface area (Å²) in [5.41, 5.74) is 0. The Balaban J connectivity index is 1.43. The molecule has 6 nitrogen and oxygen atoms in total. The third kappa shape index (κ3) is 6.47. The monoisotopic (exact) mass is 288 g/mol. The van der Waals surface area contributed by atoms with Crippen LogP contribution in [0.5, 0.6) is 0 Å². The number of hydrogen-bond acceptors (Lipinski definition) is 6. The van der Waals surface area contributed by atoms with Gasteiger partial charge in [-0.25, -0.2) is 0 Å². The van der Waals surface area contributed by atoms with E-state index in [1.165, 1.54) is 0 Å². The van der Waals surface area contributed by atoms with Gasteiger partial charge in [0.15, 0.2) is 12.6 Å². The van der Waals surface area contributed by atoms with Crippen molar-refractivity contribution in [3.05, 3.63) is 0 Å². The summed E-state index contributed by atoms with van der Waals surface area (Å²) in [6.45, 7) is 10.0. The van der Waals surface area contributed by atoms with Gasteiger partial charge in [0.1, 0.15) is 0 Å². The van der Waals surface area contributed by atoms with Crippen LogP contribution in [0.3, 0.4) is 0 Å². The van der Waals surface area contributed by atoms with E-state index in [0.717, 1.165) is 65.4 Å². The van der Waals surface area contributed by atoms with Crippen molar-refractivity contribution in [2.75, 3.05) is 59.2 Å². The Kier molecular flexibility index (Phi) is 7.79. The van der Waals surface area contributed by atoms with E-state index in [2.05, 4.69) is 10.2 Å². The Morgan fingerprint density at radius 1 is 1.25 bits per heavy atom. The Bertz CT molecular complexity index is 243. The maximum Gasteiger partial charge on any atom is 0.173 e. The summed E-state index contributed by atoms with van der Waals surface area (Å²) in [4.78, 5) is 2.45. The molecule has 0 radical (unpaired) electrons. The van der Waals surface area contributed by atoms with Crippen LogP contribution in [0.1, 0.15) is 19.8 Å². The van der Waals surface area contributed by atoms with E-state index in [4.69, 9.17) is 18.9 Å². The summed E-state index contributed by atoms with van der Waals surface area (Å²) < 4.78 is 22.1. The van der Waals surface area contributed by atoms with Gasteiger partial charge in [0, 0.05) is 32.8 Å². The zero-order valence-electron chi connectivity index (χ0n) is 12.5. The average molecular weight is 288 g/mol. The van der Waals surface area contributed by atoms with Crippen LogP contribution in [-0.2, 0) is 18.9 Å². The molecule has 0 aromatic heterocycles. The molecule has 2 heterocycles. The highest BCUT2D eigenvalue weighted by molar-refractivity contribution is 4.61. The fraction of sp³-hybridized carbons (Fsp3) is 1.00. The van der Waals surface area contributed by atoms with Crippen LogP contribution in [0.2, 0.25) is 0 Å². The molecule has 0 amide bonds. The number of nitrogens with one attached hydrogen (secondary N) is 1. The molecule has 20 heavy (non-hydrogen) atoms. The molecule has 2 aliphatic heterocycles. The smallest absolute Gasteiger partial charge is 0.173 e. The second kappa shape index (κ2) is 9.65. The molecule has 2 aliphatic rings. The van der Waals surface area contributed by atoms with Gasteiger partial charge in [0.05, 0.1) is 19.8 Å². The number of hydrogen-bond donors (Lipinski definition) is 1. The fourth-order valence-electron chi connectivity index (χ4n) is 2.39. The molecular weight excluding hydrogens is 260 g/mol. The van der Waals surface area contributed by atoms with Crippen molar-refractivity contribution in [2.45, 2.75) is 32.3 Å². The number of nitrogens with zero attached hydrogens (tertiary/aromatic N) is 1. The predicted octanol–water partition coefficient (Wildman–Crippen LogP) is 0.424. The second-order valence-electron chi connectivity index (χ2n) is 5.24. The minimum absolute atomic E-state index is 0.174. The Hall–Kier alpha value is -0.240. The molecule has 0 bridgehead atoms. The van der Waals surface area contributed by atoms with Gasteiger partial charge < -0.3 is 24.3 Å². The Labute approximate surface area is 121 Å². The molecular formula is C14H28N2O4. The lowest BCUT2D eigenvalue weighted by molar-refractivity contribution is -0.243. The predicted molar refractivity (Wildman–Crippen MR) is 75.6 cm³/mol. The molecule has 2 unspecified atom stereocenters. The van der Waals surface area contributed by atoms with E-state index in [-0.39, 0.29) is 12.6 Å². The van der Waals surface area contributed by atoms with Crippen molar-refractivity contribution in [2.24, 2.45) is 0 Å². The molecule has 1 N–H and O–H groups in total. The maximum absolute atomic E-state index is 5.66. The zero-order valence-corrected chi connectivity index (χ0v) is 12.5. The molecule has 2 atom stereocenters. The molecule has 0 saturated carbocycles. The molecule has 2 saturated heterocycles. The van der Waals surface area contributed by atoms with Crippen molar-refractivity contribution in [1.82, 2.24) is 10.2 Å². The molecule has 0 aliphatic carbocycles. The van der Waals surface area contributed by atoms with Crippen LogP contribution < -0.4 is 5.32 Å². The third-order valence-electron chi connectivity index (χ3n) is 3.56. The van der Waals surface area contributed by atoms with Crippen LogP contribution in [0.15, 0.2) is 0 Å². The Morgan fingerprint density at radius 3 is 2.85 bits per heavy atom. The summed E-state index contributed by atoms with van der Waals surface area (Å²) in [7, 11) is 0. The van der Waals surface area contributed by atoms with Crippen molar-refractivity contribution >= 4 is 0 Å². The molecule has 118 valence electrons. The third-order valence-corrected chi connectivity index (χ3v) is 3.56. The van der Waals surface area contributed by atoms with E-state index < -0.39 is 0 Å². The standard InChI is InChI=1S/C14H28N2O4/c1-13(20-14-12-15-4-9-19-14)18-8-3-2-5-16-6-10-17-11-7-16/h13-15H,2-12H2,1H3. The minimum Gasteiger partial charge on any atom is -0.379 e. The molecule has 2 fully saturated rings. The van der Waals surface area contributed by atoms with Crippen molar-refractivity contribution in [3.63, 3.8) is 0 Å². The summed E-state index contributed by atoms with van der Waals surface area (Å²) in [5, 5.41) is 3.23. The molecule has 6 heteroatoms. The first-order valence-electron chi connectivity index (χ1n) is 7.74. The van der Waals surface area contributed by atoms with Crippen molar-refractivity contribution in [3.8, 4) is 0 Å². The van der Waals surface area contributed by atoms with Gasteiger partial charge in [0.25, 0.3) is 0 Å². The second-order valence-corrected chi connectivity index (χ2v) is 5.24. The summed E-state index contributed by atoms with van der Waals surface area (Å²) in [6.07, 6.45) is 1.85. The highest BCUT2D eigenvalue weighted by Crippen LogP contribution is 2.06. The normalized spacial score (nSPS) is 26.6. The average Bonchev–Trinajstić information content (AvgIpc) is 2.49. The highest BCUT2D eigenvalue weighted by Gasteiger charge is 2.17. The van der Waals surface area contributed by atoms with Gasteiger partial charge in [-0.2, -0.15) is 0 Å². The number of morpholine rings is 2. The van der Waals surface area contributed by atoms with Crippen LogP contribution in [0, 0.1) is 0 Å². The zero-order chi connectivity index (χ0) is 14.0. The Morgan fingerprint density at radius 2 is 2.10 bits per heavy atom. The lowest BCUT2D eigenvalue weighted by Crippen LogP contribution is -2.41. The van der Waals surface area contributed by atoms with Gasteiger partial charge in [-0.05, 0) is 26.3 Å². The molecule has 0 spiro atoms. The summed E-state index contributed by atoms with van der Waals surface area (Å²) in [6, 6.07) is 0.